The number of carbonyl (C=O) groups is 4. The Balaban J connectivity index is 2.59. The summed E-state index contributed by atoms with van der Waals surface area (Å²) < 4.78 is 15.9. The van der Waals surface area contributed by atoms with Crippen LogP contribution < -0.4 is 10.1 Å². The predicted octanol–water partition coefficient (Wildman–Crippen LogP) is 1.77. The van der Waals surface area contributed by atoms with Gasteiger partial charge in [-0.3, -0.25) is 9.59 Å². The lowest BCUT2D eigenvalue weighted by molar-refractivity contribution is -0.168. The van der Waals surface area contributed by atoms with Gasteiger partial charge in [0.2, 0.25) is 11.4 Å². The molecule has 0 saturated heterocycles. The highest BCUT2D eigenvalue weighted by molar-refractivity contribution is 7.17. The van der Waals surface area contributed by atoms with Gasteiger partial charge in [-0.05, 0) is 25.5 Å². The van der Waals surface area contributed by atoms with E-state index in [1.165, 1.54) is 31.3 Å². The molecule has 0 fully saturated rings. The maximum atomic E-state index is 12.8. The van der Waals surface area contributed by atoms with E-state index in [1.807, 2.05) is 0 Å². The van der Waals surface area contributed by atoms with E-state index in [-0.39, 0.29) is 25.4 Å². The van der Waals surface area contributed by atoms with Gasteiger partial charge in [-0.25, -0.2) is 14.6 Å². The molecule has 1 N–H and O–H groups in total. The first kappa shape index (κ1) is 22.3. The Hall–Kier alpha value is -3.01. The van der Waals surface area contributed by atoms with Gasteiger partial charge in [-0.15, -0.1) is 11.3 Å². The largest absolute Gasteiger partial charge is 0.464 e. The Kier molecular flexibility index (Phi) is 7.27. The summed E-state index contributed by atoms with van der Waals surface area (Å²) in [5.74, 6) is -2.68. The Morgan fingerprint density at radius 2 is 1.69 bits per heavy atom. The van der Waals surface area contributed by atoms with E-state index in [9.17, 15) is 19.2 Å². The Morgan fingerprint density at radius 3 is 2.21 bits per heavy atom. The van der Waals surface area contributed by atoms with Crippen LogP contribution in [-0.2, 0) is 35.1 Å². The van der Waals surface area contributed by atoms with Crippen LogP contribution in [-0.4, -0.2) is 47.6 Å². The van der Waals surface area contributed by atoms with E-state index in [1.54, 1.807) is 25.4 Å². The summed E-state index contributed by atoms with van der Waals surface area (Å²) in [6.07, 6.45) is -0.219. The van der Waals surface area contributed by atoms with Gasteiger partial charge in [0.05, 0.1) is 23.4 Å². The maximum absolute atomic E-state index is 12.8. The van der Waals surface area contributed by atoms with Crippen molar-refractivity contribution in [1.82, 2.24) is 10.3 Å². The number of nitrogens with one attached hydrogen (secondary N) is 1. The average molecular weight is 422 g/mol. The Morgan fingerprint density at radius 1 is 1.07 bits per heavy atom. The van der Waals surface area contributed by atoms with Gasteiger partial charge in [0, 0.05) is 20.3 Å². The van der Waals surface area contributed by atoms with Gasteiger partial charge < -0.3 is 19.5 Å². The number of esters is 3. The van der Waals surface area contributed by atoms with Crippen LogP contribution >= 0.6 is 11.3 Å². The highest BCUT2D eigenvalue weighted by Crippen LogP contribution is 2.33. The van der Waals surface area contributed by atoms with Crippen LogP contribution in [0.5, 0.6) is 5.75 Å². The molecule has 1 amide bonds. The fourth-order valence-electron chi connectivity index (χ4n) is 2.83. The summed E-state index contributed by atoms with van der Waals surface area (Å²) >= 11 is 1.25. The molecule has 0 saturated carbocycles. The number of rotatable bonds is 8. The van der Waals surface area contributed by atoms with Crippen molar-refractivity contribution in [2.45, 2.75) is 39.7 Å². The molecule has 9 nitrogen and oxygen atoms in total. The molecule has 0 radical (unpaired) electrons. The number of nitrogens with zero attached hydrogens (tertiary/aromatic N) is 1. The lowest BCUT2D eigenvalue weighted by Gasteiger charge is -2.30. The summed E-state index contributed by atoms with van der Waals surface area (Å²) in [6.45, 7) is 5.68. The number of carbonyl (C=O) groups excluding carboxylic acids is 4. The van der Waals surface area contributed by atoms with Crippen LogP contribution in [0.2, 0.25) is 0 Å². The molecule has 1 heterocycles. The van der Waals surface area contributed by atoms with Crippen LogP contribution in [0, 0.1) is 0 Å². The number of aromatic nitrogens is 1. The van der Waals surface area contributed by atoms with Crippen molar-refractivity contribution in [3.05, 3.63) is 23.2 Å². The molecule has 0 unspecified atom stereocenters. The van der Waals surface area contributed by atoms with E-state index >= 15 is 0 Å². The summed E-state index contributed by atoms with van der Waals surface area (Å²) in [4.78, 5) is 53.0. The first-order valence-corrected chi connectivity index (χ1v) is 9.79. The lowest BCUT2D eigenvalue weighted by Crippen LogP contribution is -2.62. The Bertz CT molecular complexity index is 920. The second kappa shape index (κ2) is 9.46. The molecule has 0 aliphatic heterocycles. The van der Waals surface area contributed by atoms with Crippen LogP contribution in [0.3, 0.4) is 0 Å². The molecular weight excluding hydrogens is 400 g/mol. The monoisotopic (exact) mass is 422 g/mol. The first-order chi connectivity index (χ1) is 13.7. The number of fused-ring (bicyclic) bond motifs is 1. The minimum absolute atomic E-state index is 0.0148. The second-order valence-corrected chi connectivity index (χ2v) is 6.91. The van der Waals surface area contributed by atoms with Crippen molar-refractivity contribution in [2.24, 2.45) is 0 Å². The molecular formula is C19H22N2O7S. The van der Waals surface area contributed by atoms with Crippen molar-refractivity contribution in [3.8, 4) is 5.75 Å². The van der Waals surface area contributed by atoms with E-state index in [0.29, 0.717) is 15.8 Å². The third-order valence-electron chi connectivity index (χ3n) is 3.87. The summed E-state index contributed by atoms with van der Waals surface area (Å²) in [7, 11) is 0. The second-order valence-electron chi connectivity index (χ2n) is 6.05. The van der Waals surface area contributed by atoms with Crippen molar-refractivity contribution in [3.63, 3.8) is 0 Å². The van der Waals surface area contributed by atoms with E-state index in [2.05, 4.69) is 10.3 Å². The third-order valence-corrected chi connectivity index (χ3v) is 4.78. The fourth-order valence-corrected chi connectivity index (χ4v) is 3.65. The molecule has 0 spiro atoms. The normalized spacial score (nSPS) is 11.0. The minimum atomic E-state index is -2.06. The molecule has 0 aliphatic carbocycles. The van der Waals surface area contributed by atoms with E-state index in [4.69, 9.17) is 14.2 Å². The fraction of sp³-hybridized carbons (Fsp3) is 0.421. The molecule has 0 atom stereocenters. The quantitative estimate of drug-likeness (QED) is 0.388. The molecule has 10 heteroatoms. The topological polar surface area (TPSA) is 121 Å². The third kappa shape index (κ3) is 4.89. The molecule has 2 rings (SSSR count). The number of ether oxygens (including phenoxy) is 3. The van der Waals surface area contributed by atoms with Gasteiger partial charge in [-0.1, -0.05) is 6.07 Å². The molecule has 0 bridgehead atoms. The zero-order valence-electron chi connectivity index (χ0n) is 16.6. The zero-order chi connectivity index (χ0) is 21.6. The smallest absolute Gasteiger partial charge is 0.344 e. The average Bonchev–Trinajstić information content (AvgIpc) is 3.13. The first-order valence-electron chi connectivity index (χ1n) is 8.91. The van der Waals surface area contributed by atoms with Crippen molar-refractivity contribution < 1.29 is 33.4 Å². The van der Waals surface area contributed by atoms with Crippen LogP contribution in [0.4, 0.5) is 0 Å². The summed E-state index contributed by atoms with van der Waals surface area (Å²) in [5, 5.41) is 2.43. The number of hydrogen-bond donors (Lipinski definition) is 1. The van der Waals surface area contributed by atoms with E-state index in [0.717, 1.165) is 0 Å². The van der Waals surface area contributed by atoms with Gasteiger partial charge in [-0.2, -0.15) is 0 Å². The number of benzene rings is 1. The number of thiazole rings is 1. The van der Waals surface area contributed by atoms with Gasteiger partial charge in [0.15, 0.2) is 5.75 Å². The zero-order valence-corrected chi connectivity index (χ0v) is 17.4. The van der Waals surface area contributed by atoms with Gasteiger partial charge >= 0.3 is 17.9 Å². The van der Waals surface area contributed by atoms with E-state index < -0.39 is 29.4 Å². The van der Waals surface area contributed by atoms with Crippen LogP contribution in [0.25, 0.3) is 10.2 Å². The molecule has 2 aromatic rings. The van der Waals surface area contributed by atoms with Crippen LogP contribution in [0.15, 0.2) is 17.6 Å². The molecule has 0 aliphatic rings. The molecule has 156 valence electrons. The summed E-state index contributed by atoms with van der Waals surface area (Å²) in [6, 6.07) is 3.13. The predicted molar refractivity (Wildman–Crippen MR) is 104 cm³/mol. The van der Waals surface area contributed by atoms with Crippen LogP contribution in [0.1, 0.15) is 33.3 Å². The summed E-state index contributed by atoms with van der Waals surface area (Å²) in [5.41, 5.74) is 0.439. The van der Waals surface area contributed by atoms with Gasteiger partial charge in [0.25, 0.3) is 0 Å². The highest BCUT2D eigenvalue weighted by atomic mass is 32.1. The van der Waals surface area contributed by atoms with Crippen molar-refractivity contribution in [2.75, 3.05) is 13.2 Å². The Labute approximate surface area is 171 Å². The van der Waals surface area contributed by atoms with Crippen molar-refractivity contribution >= 4 is 45.4 Å². The number of hydrogen-bond acceptors (Lipinski definition) is 9. The minimum Gasteiger partial charge on any atom is -0.464 e. The lowest BCUT2D eigenvalue weighted by atomic mass is 9.90. The highest BCUT2D eigenvalue weighted by Gasteiger charge is 2.50. The van der Waals surface area contributed by atoms with Crippen molar-refractivity contribution in [1.29, 1.82) is 0 Å². The molecule has 1 aromatic carbocycles. The number of amides is 1. The van der Waals surface area contributed by atoms with Gasteiger partial charge in [0.1, 0.15) is 5.52 Å². The SMILES string of the molecule is CCOC(=O)C(Cc1ccc(OC(C)=O)c2ncsc12)(NC(C)=O)C(=O)OCC. The molecule has 29 heavy (non-hydrogen) atoms. The standard InChI is InChI=1S/C19H22N2O7S/c1-5-26-17(24)19(21-11(3)22,18(25)27-6-2)9-13-7-8-14(28-12(4)23)15-16(13)29-10-20-15/h7-8,10H,5-6,9H2,1-4H3,(H,21,22). The molecule has 1 aromatic heterocycles. The maximum Gasteiger partial charge on any atom is 0.344 e.